The molecule has 1 atom stereocenters. The van der Waals surface area contributed by atoms with Crippen molar-refractivity contribution in [3.8, 4) is 17.0 Å². The van der Waals surface area contributed by atoms with Crippen molar-refractivity contribution in [2.24, 2.45) is 0 Å². The molecule has 7 nitrogen and oxygen atoms in total. The van der Waals surface area contributed by atoms with E-state index in [0.29, 0.717) is 13.2 Å². The number of rotatable bonds is 4. The molecule has 2 aromatic carbocycles. The fourth-order valence-electron chi connectivity index (χ4n) is 3.24. The van der Waals surface area contributed by atoms with Gasteiger partial charge in [0.15, 0.2) is 0 Å². The average molecular weight is 378 g/mol. The van der Waals surface area contributed by atoms with Crippen LogP contribution >= 0.6 is 0 Å². The van der Waals surface area contributed by atoms with Crippen molar-refractivity contribution in [1.29, 1.82) is 0 Å². The van der Waals surface area contributed by atoms with Crippen LogP contribution in [0.25, 0.3) is 11.3 Å². The molecule has 7 heteroatoms. The number of carbonyl (C=O) groups is 1. The highest BCUT2D eigenvalue weighted by Crippen LogP contribution is 2.30. The second kappa shape index (κ2) is 7.36. The zero-order chi connectivity index (χ0) is 19.7. The molecule has 0 saturated heterocycles. The second-order valence-corrected chi connectivity index (χ2v) is 6.87. The van der Waals surface area contributed by atoms with Crippen LogP contribution in [0, 0.1) is 0 Å². The Hall–Kier alpha value is -3.32. The number of aliphatic hydroxyl groups is 1. The molecule has 0 fully saturated rings. The molecule has 0 radical (unpaired) electrons. The highest BCUT2D eigenvalue weighted by Gasteiger charge is 2.17. The minimum absolute atomic E-state index is 0.0935. The van der Waals surface area contributed by atoms with Crippen LogP contribution in [0.5, 0.6) is 5.75 Å². The molecule has 1 amide bonds. The minimum Gasteiger partial charge on any atom is -0.487 e. The van der Waals surface area contributed by atoms with Gasteiger partial charge in [-0.05, 0) is 31.2 Å². The van der Waals surface area contributed by atoms with Gasteiger partial charge < -0.3 is 20.5 Å². The number of nitrogens with one attached hydrogen (secondary N) is 2. The van der Waals surface area contributed by atoms with Gasteiger partial charge in [0.1, 0.15) is 18.6 Å². The summed E-state index contributed by atoms with van der Waals surface area (Å²) in [7, 11) is 0. The number of hydrogen-bond donors (Lipinski definition) is 3. The molecule has 0 aliphatic carbocycles. The van der Waals surface area contributed by atoms with Crippen LogP contribution in [0.2, 0.25) is 0 Å². The van der Waals surface area contributed by atoms with Crippen molar-refractivity contribution >= 4 is 17.3 Å². The van der Waals surface area contributed by atoms with Crippen LogP contribution in [-0.2, 0) is 17.9 Å². The summed E-state index contributed by atoms with van der Waals surface area (Å²) in [5.74, 6) is 0.696. The molecule has 0 saturated carbocycles. The van der Waals surface area contributed by atoms with Gasteiger partial charge in [0.05, 0.1) is 17.9 Å². The number of hydrogen-bond acceptors (Lipinski definition) is 5. The maximum atomic E-state index is 11.2. The Kier molecular flexibility index (Phi) is 4.75. The fourth-order valence-corrected chi connectivity index (χ4v) is 3.24. The lowest BCUT2D eigenvalue weighted by molar-refractivity contribution is -0.114. The van der Waals surface area contributed by atoms with E-state index in [1.54, 1.807) is 6.92 Å². The maximum absolute atomic E-state index is 11.2. The second-order valence-electron chi connectivity index (χ2n) is 6.87. The van der Waals surface area contributed by atoms with E-state index >= 15 is 0 Å². The number of anilines is 2. The molecular formula is C21H22N4O3. The van der Waals surface area contributed by atoms with E-state index in [0.717, 1.165) is 39.6 Å². The fraction of sp³-hybridized carbons (Fsp3) is 0.238. The highest BCUT2D eigenvalue weighted by molar-refractivity contribution is 5.88. The van der Waals surface area contributed by atoms with Gasteiger partial charge in [0.2, 0.25) is 5.91 Å². The minimum atomic E-state index is -0.626. The third kappa shape index (κ3) is 3.84. The van der Waals surface area contributed by atoms with E-state index in [1.807, 2.05) is 53.2 Å². The molecule has 1 aromatic heterocycles. The predicted octanol–water partition coefficient (Wildman–Crippen LogP) is 3.20. The van der Waals surface area contributed by atoms with Crippen LogP contribution in [0.3, 0.4) is 0 Å². The van der Waals surface area contributed by atoms with Gasteiger partial charge in [-0.15, -0.1) is 0 Å². The Morgan fingerprint density at radius 3 is 2.64 bits per heavy atom. The molecule has 1 aliphatic rings. The van der Waals surface area contributed by atoms with Crippen LogP contribution in [0.1, 0.15) is 25.1 Å². The number of ether oxygens (including phenoxy) is 1. The lowest BCUT2D eigenvalue weighted by Crippen LogP contribution is -2.13. The molecular weight excluding hydrogens is 356 g/mol. The smallest absolute Gasteiger partial charge is 0.221 e. The Labute approximate surface area is 163 Å². The van der Waals surface area contributed by atoms with Gasteiger partial charge in [0, 0.05) is 35.5 Å². The lowest BCUT2D eigenvalue weighted by atomic mass is 10.1. The van der Waals surface area contributed by atoms with Crippen LogP contribution in [-0.4, -0.2) is 27.0 Å². The van der Waals surface area contributed by atoms with Gasteiger partial charge in [-0.3, -0.25) is 9.48 Å². The standard InChI is InChI=1S/C21H22N4O3/c1-13(26)22-17-6-3-15(4-7-17)20-10-19-12-28-21-9-18(23-14(2)27)8-5-16(21)11-25(19)24-20/h3-10,14,23,27H,11-12H2,1-2H3,(H,22,26). The van der Waals surface area contributed by atoms with E-state index in [4.69, 9.17) is 9.84 Å². The number of nitrogens with zero attached hydrogens (tertiary/aromatic N) is 2. The predicted molar refractivity (Wildman–Crippen MR) is 107 cm³/mol. The number of aliphatic hydroxyl groups excluding tert-OH is 1. The van der Waals surface area contributed by atoms with Crippen LogP contribution < -0.4 is 15.4 Å². The number of benzene rings is 2. The average Bonchev–Trinajstić information content (AvgIpc) is 2.96. The zero-order valence-electron chi connectivity index (χ0n) is 15.8. The first-order valence-corrected chi connectivity index (χ1v) is 9.13. The van der Waals surface area contributed by atoms with Crippen molar-refractivity contribution in [3.63, 3.8) is 0 Å². The van der Waals surface area contributed by atoms with Gasteiger partial charge >= 0.3 is 0 Å². The highest BCUT2D eigenvalue weighted by atomic mass is 16.5. The normalized spacial score (nSPS) is 13.5. The molecule has 1 unspecified atom stereocenters. The number of amides is 1. The van der Waals surface area contributed by atoms with Gasteiger partial charge in [-0.1, -0.05) is 18.2 Å². The first-order valence-electron chi connectivity index (χ1n) is 9.13. The molecule has 0 spiro atoms. The molecule has 1 aliphatic heterocycles. The lowest BCUT2D eigenvalue weighted by Gasteiger charge is -2.12. The Morgan fingerprint density at radius 1 is 1.18 bits per heavy atom. The van der Waals surface area contributed by atoms with Crippen LogP contribution in [0.4, 0.5) is 11.4 Å². The van der Waals surface area contributed by atoms with E-state index in [-0.39, 0.29) is 5.91 Å². The third-order valence-electron chi connectivity index (χ3n) is 4.50. The van der Waals surface area contributed by atoms with Crippen molar-refractivity contribution in [2.45, 2.75) is 33.2 Å². The quantitative estimate of drug-likeness (QED) is 0.607. The Morgan fingerprint density at radius 2 is 1.93 bits per heavy atom. The van der Waals surface area contributed by atoms with Gasteiger partial charge in [0.25, 0.3) is 0 Å². The topological polar surface area (TPSA) is 88.4 Å². The van der Waals surface area contributed by atoms with Crippen molar-refractivity contribution in [3.05, 3.63) is 59.8 Å². The van der Waals surface area contributed by atoms with E-state index in [1.165, 1.54) is 6.92 Å². The summed E-state index contributed by atoms with van der Waals surface area (Å²) in [6.45, 7) is 4.19. The summed E-state index contributed by atoms with van der Waals surface area (Å²) in [6, 6.07) is 15.4. The molecule has 28 heavy (non-hydrogen) atoms. The molecule has 2 heterocycles. The number of carbonyl (C=O) groups excluding carboxylic acids is 1. The summed E-state index contributed by atoms with van der Waals surface area (Å²) < 4.78 is 7.93. The molecule has 3 aromatic rings. The van der Waals surface area contributed by atoms with Crippen LogP contribution in [0.15, 0.2) is 48.5 Å². The molecule has 0 bridgehead atoms. The van der Waals surface area contributed by atoms with E-state index in [2.05, 4.69) is 10.6 Å². The Bertz CT molecular complexity index is 1010. The van der Waals surface area contributed by atoms with Gasteiger partial charge in [-0.2, -0.15) is 5.10 Å². The largest absolute Gasteiger partial charge is 0.487 e. The Balaban J connectivity index is 1.56. The summed E-state index contributed by atoms with van der Waals surface area (Å²) in [5.41, 5.74) is 5.44. The molecule has 3 N–H and O–H groups in total. The monoisotopic (exact) mass is 378 g/mol. The summed E-state index contributed by atoms with van der Waals surface area (Å²) >= 11 is 0. The molecule has 4 rings (SSSR count). The number of fused-ring (bicyclic) bond motifs is 2. The summed E-state index contributed by atoms with van der Waals surface area (Å²) in [5, 5.41) is 19.9. The summed E-state index contributed by atoms with van der Waals surface area (Å²) in [4.78, 5) is 11.2. The van der Waals surface area contributed by atoms with Gasteiger partial charge in [-0.25, -0.2) is 0 Å². The number of aromatic nitrogens is 2. The molecule has 144 valence electrons. The zero-order valence-corrected chi connectivity index (χ0v) is 15.8. The van der Waals surface area contributed by atoms with Crippen molar-refractivity contribution in [2.75, 3.05) is 10.6 Å². The first-order chi connectivity index (χ1) is 13.5. The van der Waals surface area contributed by atoms with E-state index < -0.39 is 6.23 Å². The SMILES string of the molecule is CC(=O)Nc1ccc(-c2cc3n(n2)Cc2ccc(NC(C)O)cc2OC3)cc1. The third-order valence-corrected chi connectivity index (χ3v) is 4.50. The van der Waals surface area contributed by atoms with Crippen molar-refractivity contribution < 1.29 is 14.6 Å². The van der Waals surface area contributed by atoms with E-state index in [9.17, 15) is 9.90 Å². The maximum Gasteiger partial charge on any atom is 0.221 e. The van der Waals surface area contributed by atoms with Crippen molar-refractivity contribution in [1.82, 2.24) is 9.78 Å². The summed E-state index contributed by atoms with van der Waals surface area (Å²) in [6.07, 6.45) is -0.626. The first kappa shape index (κ1) is 18.1.